The third-order valence-electron chi connectivity index (χ3n) is 7.37. The molecule has 2 amide bonds. The van der Waals surface area contributed by atoms with Crippen LogP contribution in [0, 0.1) is 5.92 Å². The number of primary amides is 1. The topological polar surface area (TPSA) is 141 Å². The number of hydrogen-bond donors (Lipinski definition) is 3. The van der Waals surface area contributed by atoms with Crippen molar-refractivity contribution in [2.75, 3.05) is 13.7 Å². The summed E-state index contributed by atoms with van der Waals surface area (Å²) in [6.07, 6.45) is -6.65. The van der Waals surface area contributed by atoms with Gasteiger partial charge in [0.1, 0.15) is 5.82 Å². The average molecular weight is 586 g/mol. The standard InChI is InChI=1S/C26H32F5N7O3/c1-14(33-19(39)7-10-26(29,30)31)16-3-4-17-18(13-16)35-24(34-17)20(15-5-8-25(27,28)9-6-15)22-21(23(32)40)36-37-38(22)11-12-41-2/h3-4,13-15,20H,5-12H2,1-2H3,(H2,32,40)(H,33,39)(H,34,35)/t14-,20+/m1/s1. The molecule has 4 N–H and O–H groups in total. The summed E-state index contributed by atoms with van der Waals surface area (Å²) in [5, 5.41) is 10.6. The molecule has 2 heterocycles. The molecule has 0 aliphatic heterocycles. The van der Waals surface area contributed by atoms with Crippen LogP contribution in [-0.4, -0.2) is 62.6 Å². The van der Waals surface area contributed by atoms with Gasteiger partial charge in [-0.3, -0.25) is 9.59 Å². The Morgan fingerprint density at radius 1 is 1.27 bits per heavy atom. The number of hydrogen-bond acceptors (Lipinski definition) is 6. The van der Waals surface area contributed by atoms with E-state index in [2.05, 4.69) is 20.6 Å². The summed E-state index contributed by atoms with van der Waals surface area (Å²) in [7, 11) is 1.50. The average Bonchev–Trinajstić information content (AvgIpc) is 3.51. The van der Waals surface area contributed by atoms with Crippen LogP contribution in [-0.2, 0) is 16.1 Å². The molecule has 2 aromatic heterocycles. The minimum atomic E-state index is -4.43. The largest absolute Gasteiger partial charge is 0.389 e. The maximum atomic E-state index is 14.1. The van der Waals surface area contributed by atoms with Gasteiger partial charge < -0.3 is 20.8 Å². The highest BCUT2D eigenvalue weighted by molar-refractivity contribution is 5.92. The predicted octanol–water partition coefficient (Wildman–Crippen LogP) is 4.38. The van der Waals surface area contributed by atoms with Gasteiger partial charge in [-0.15, -0.1) is 5.10 Å². The van der Waals surface area contributed by atoms with Gasteiger partial charge in [0.2, 0.25) is 11.8 Å². The second kappa shape index (κ2) is 12.1. The molecule has 1 aliphatic rings. The molecule has 0 bridgehead atoms. The zero-order chi connectivity index (χ0) is 29.9. The zero-order valence-corrected chi connectivity index (χ0v) is 22.6. The molecular weight excluding hydrogens is 553 g/mol. The molecule has 224 valence electrons. The highest BCUT2D eigenvalue weighted by Gasteiger charge is 2.42. The van der Waals surface area contributed by atoms with Crippen LogP contribution < -0.4 is 11.1 Å². The Morgan fingerprint density at radius 2 is 1.98 bits per heavy atom. The number of nitrogens with one attached hydrogen (secondary N) is 2. The van der Waals surface area contributed by atoms with Crippen molar-refractivity contribution in [2.24, 2.45) is 11.7 Å². The van der Waals surface area contributed by atoms with E-state index in [1.165, 1.54) is 11.8 Å². The molecule has 2 atom stereocenters. The number of halogens is 5. The van der Waals surface area contributed by atoms with Crippen molar-refractivity contribution < 1.29 is 36.3 Å². The van der Waals surface area contributed by atoms with Crippen LogP contribution >= 0.6 is 0 Å². The summed E-state index contributed by atoms with van der Waals surface area (Å²) in [5.74, 6) is -4.94. The highest BCUT2D eigenvalue weighted by Crippen LogP contribution is 2.45. The van der Waals surface area contributed by atoms with Crippen molar-refractivity contribution in [3.63, 3.8) is 0 Å². The van der Waals surface area contributed by atoms with Gasteiger partial charge in [0.05, 0.1) is 48.3 Å². The lowest BCUT2D eigenvalue weighted by Crippen LogP contribution is -2.31. The van der Waals surface area contributed by atoms with E-state index in [-0.39, 0.29) is 50.4 Å². The molecule has 0 saturated heterocycles. The number of amides is 2. The number of aromatic amines is 1. The fourth-order valence-corrected chi connectivity index (χ4v) is 5.23. The van der Waals surface area contributed by atoms with E-state index in [0.29, 0.717) is 28.1 Å². The van der Waals surface area contributed by atoms with Crippen molar-refractivity contribution in [3.8, 4) is 0 Å². The van der Waals surface area contributed by atoms with Gasteiger partial charge in [0.25, 0.3) is 5.91 Å². The number of carbonyl (C=O) groups is 2. The van der Waals surface area contributed by atoms with E-state index in [0.717, 1.165) is 0 Å². The van der Waals surface area contributed by atoms with Crippen LogP contribution in [0.5, 0.6) is 0 Å². The van der Waals surface area contributed by atoms with Gasteiger partial charge in [0.15, 0.2) is 5.69 Å². The Hall–Kier alpha value is -3.62. The van der Waals surface area contributed by atoms with Crippen LogP contribution in [0.1, 0.15) is 85.0 Å². The van der Waals surface area contributed by atoms with Crippen LogP contribution in [0.3, 0.4) is 0 Å². The normalized spacial score (nSPS) is 17.4. The number of H-pyrrole nitrogens is 1. The molecule has 0 unspecified atom stereocenters. The zero-order valence-electron chi connectivity index (χ0n) is 22.6. The molecule has 1 aliphatic carbocycles. The summed E-state index contributed by atoms with van der Waals surface area (Å²) >= 11 is 0. The number of benzene rings is 1. The summed E-state index contributed by atoms with van der Waals surface area (Å²) < 4.78 is 72.3. The molecule has 0 radical (unpaired) electrons. The Kier molecular flexibility index (Phi) is 8.94. The van der Waals surface area contributed by atoms with E-state index in [1.54, 1.807) is 25.1 Å². The summed E-state index contributed by atoms with van der Waals surface area (Å²) in [6, 6.07) is 4.49. The predicted molar refractivity (Wildman–Crippen MR) is 137 cm³/mol. The van der Waals surface area contributed by atoms with Crippen molar-refractivity contribution in [3.05, 3.63) is 41.0 Å². The lowest BCUT2D eigenvalue weighted by atomic mass is 9.76. The number of methoxy groups -OCH3 is 1. The number of nitrogens with two attached hydrogens (primary N) is 1. The SMILES string of the molecule is COCCn1nnc(C(N)=O)c1[C@@H](c1nc2ccc([C@@H](C)NC(=O)CCC(F)(F)F)cc2[nH]1)C1CCC(F)(F)CC1. The minimum absolute atomic E-state index is 0.0835. The van der Waals surface area contributed by atoms with E-state index in [4.69, 9.17) is 15.5 Å². The number of aromatic nitrogens is 5. The molecule has 1 saturated carbocycles. The lowest BCUT2D eigenvalue weighted by Gasteiger charge is -2.33. The molecule has 1 fully saturated rings. The smallest absolute Gasteiger partial charge is 0.383 e. The molecule has 4 rings (SSSR count). The number of alkyl halides is 5. The highest BCUT2D eigenvalue weighted by atomic mass is 19.4. The van der Waals surface area contributed by atoms with Crippen molar-refractivity contribution in [2.45, 2.75) is 76.1 Å². The minimum Gasteiger partial charge on any atom is -0.383 e. The maximum Gasteiger partial charge on any atom is 0.389 e. The number of imidazole rings is 1. The molecule has 15 heteroatoms. The summed E-state index contributed by atoms with van der Waals surface area (Å²) in [6.45, 7) is 2.13. The van der Waals surface area contributed by atoms with Crippen LogP contribution in [0.4, 0.5) is 22.0 Å². The van der Waals surface area contributed by atoms with Crippen molar-refractivity contribution in [1.29, 1.82) is 0 Å². The maximum absolute atomic E-state index is 14.1. The summed E-state index contributed by atoms with van der Waals surface area (Å²) in [4.78, 5) is 32.3. The first-order valence-electron chi connectivity index (χ1n) is 13.2. The van der Waals surface area contributed by atoms with E-state index in [1.807, 2.05) is 0 Å². The fraction of sp³-hybridized carbons (Fsp3) is 0.577. The monoisotopic (exact) mass is 585 g/mol. The van der Waals surface area contributed by atoms with Gasteiger partial charge in [-0.05, 0) is 43.4 Å². The van der Waals surface area contributed by atoms with Crippen LogP contribution in [0.2, 0.25) is 0 Å². The number of rotatable bonds is 11. The van der Waals surface area contributed by atoms with Crippen LogP contribution in [0.25, 0.3) is 11.0 Å². The van der Waals surface area contributed by atoms with E-state index in [9.17, 15) is 31.5 Å². The molecular formula is C26H32F5N7O3. The number of ether oxygens (including phenoxy) is 1. The Balaban J connectivity index is 1.69. The van der Waals surface area contributed by atoms with Gasteiger partial charge in [-0.1, -0.05) is 11.3 Å². The van der Waals surface area contributed by atoms with Gasteiger partial charge >= 0.3 is 6.18 Å². The van der Waals surface area contributed by atoms with Gasteiger partial charge in [0, 0.05) is 26.4 Å². The summed E-state index contributed by atoms with van der Waals surface area (Å²) in [5.41, 5.74) is 7.60. The quantitative estimate of drug-likeness (QED) is 0.286. The van der Waals surface area contributed by atoms with Gasteiger partial charge in [-0.25, -0.2) is 18.4 Å². The third-order valence-corrected chi connectivity index (χ3v) is 7.37. The van der Waals surface area contributed by atoms with Crippen molar-refractivity contribution >= 4 is 22.8 Å². The van der Waals surface area contributed by atoms with Crippen LogP contribution in [0.15, 0.2) is 18.2 Å². The number of fused-ring (bicyclic) bond motifs is 1. The Morgan fingerprint density at radius 3 is 2.61 bits per heavy atom. The van der Waals surface area contributed by atoms with Crippen molar-refractivity contribution in [1.82, 2.24) is 30.3 Å². The first-order valence-corrected chi connectivity index (χ1v) is 13.2. The molecule has 3 aromatic rings. The van der Waals surface area contributed by atoms with E-state index < -0.39 is 48.7 Å². The number of nitrogens with zero attached hydrogens (tertiary/aromatic N) is 4. The second-order valence-corrected chi connectivity index (χ2v) is 10.4. The lowest BCUT2D eigenvalue weighted by molar-refractivity contribution is -0.144. The first-order chi connectivity index (χ1) is 19.3. The Bertz CT molecular complexity index is 1380. The molecule has 0 spiro atoms. The third kappa shape index (κ3) is 7.37. The molecule has 10 nitrogen and oxygen atoms in total. The second-order valence-electron chi connectivity index (χ2n) is 10.4. The van der Waals surface area contributed by atoms with E-state index >= 15 is 0 Å². The molecule has 41 heavy (non-hydrogen) atoms. The number of carbonyl (C=O) groups excluding carboxylic acids is 2. The Labute approximate surface area is 232 Å². The van der Waals surface area contributed by atoms with Gasteiger partial charge in [-0.2, -0.15) is 13.2 Å². The fourth-order valence-electron chi connectivity index (χ4n) is 5.23. The first kappa shape index (κ1) is 30.3. The molecule has 1 aromatic carbocycles.